The predicted molar refractivity (Wildman–Crippen MR) is 70.9 cm³/mol. The minimum Gasteiger partial charge on any atom is -0.354 e. The number of hydrogen-bond donors (Lipinski definition) is 2. The monoisotopic (exact) mass is 255 g/mol. The highest BCUT2D eigenvalue weighted by atomic mass is 16.2. The molecule has 1 aliphatic rings. The first kappa shape index (κ1) is 15.0. The van der Waals surface area contributed by atoms with E-state index in [9.17, 15) is 9.59 Å². The topological polar surface area (TPSA) is 75.4 Å². The van der Waals surface area contributed by atoms with Crippen molar-refractivity contribution in [1.29, 1.82) is 0 Å². The van der Waals surface area contributed by atoms with Crippen molar-refractivity contribution < 1.29 is 9.59 Å². The van der Waals surface area contributed by atoms with Gasteiger partial charge in [-0.1, -0.05) is 13.8 Å². The summed E-state index contributed by atoms with van der Waals surface area (Å²) in [6, 6.07) is 0. The van der Waals surface area contributed by atoms with Crippen LogP contribution >= 0.6 is 0 Å². The number of piperidine rings is 1. The van der Waals surface area contributed by atoms with E-state index in [1.807, 2.05) is 13.8 Å². The molecule has 1 aliphatic heterocycles. The van der Waals surface area contributed by atoms with Gasteiger partial charge in [-0.25, -0.2) is 0 Å². The number of hydrogen-bond acceptors (Lipinski definition) is 3. The van der Waals surface area contributed by atoms with Crippen LogP contribution in [0.25, 0.3) is 0 Å². The summed E-state index contributed by atoms with van der Waals surface area (Å²) in [6.07, 6.45) is 2.72. The summed E-state index contributed by atoms with van der Waals surface area (Å²) in [6.45, 7) is 5.19. The molecule has 1 atom stereocenters. The van der Waals surface area contributed by atoms with E-state index in [4.69, 9.17) is 5.73 Å². The molecular formula is C13H25N3O2. The zero-order valence-corrected chi connectivity index (χ0v) is 11.7. The molecule has 0 spiro atoms. The molecule has 1 unspecified atom stereocenters. The fourth-order valence-electron chi connectivity index (χ4n) is 2.07. The van der Waals surface area contributed by atoms with E-state index in [-0.39, 0.29) is 23.3 Å². The summed E-state index contributed by atoms with van der Waals surface area (Å²) in [7, 11) is 1.77. The van der Waals surface area contributed by atoms with Gasteiger partial charge in [0.05, 0.1) is 0 Å². The molecular weight excluding hydrogens is 230 g/mol. The minimum atomic E-state index is -0.328. The maximum atomic E-state index is 12.0. The molecule has 1 rings (SSSR count). The number of carbonyl (C=O) groups is 2. The van der Waals surface area contributed by atoms with E-state index < -0.39 is 0 Å². The minimum absolute atomic E-state index is 0.0341. The van der Waals surface area contributed by atoms with Crippen LogP contribution in [-0.2, 0) is 9.59 Å². The highest BCUT2D eigenvalue weighted by Crippen LogP contribution is 2.18. The Balaban J connectivity index is 2.44. The van der Waals surface area contributed by atoms with E-state index in [2.05, 4.69) is 5.32 Å². The van der Waals surface area contributed by atoms with Crippen LogP contribution in [0.1, 0.15) is 39.5 Å². The normalized spacial score (nSPS) is 21.0. The Hall–Kier alpha value is -1.10. The summed E-state index contributed by atoms with van der Waals surface area (Å²) in [4.78, 5) is 25.2. The van der Waals surface area contributed by atoms with Crippen LogP contribution in [0.5, 0.6) is 0 Å². The lowest BCUT2D eigenvalue weighted by Gasteiger charge is -2.30. The van der Waals surface area contributed by atoms with Gasteiger partial charge in [0, 0.05) is 38.0 Å². The van der Waals surface area contributed by atoms with Crippen molar-refractivity contribution in [3.05, 3.63) is 0 Å². The number of likely N-dealkylation sites (tertiary alicyclic amines) is 1. The van der Waals surface area contributed by atoms with Gasteiger partial charge < -0.3 is 16.0 Å². The molecule has 0 radical (unpaired) electrons. The van der Waals surface area contributed by atoms with Crippen molar-refractivity contribution in [1.82, 2.24) is 10.2 Å². The molecule has 0 bridgehead atoms. The standard InChI is InChI=1S/C13H25N3O2/c1-4-13(14,5-2)9-15-12(18)10-6-7-16(3)11(17)8-10/h10H,4-9,14H2,1-3H3,(H,15,18). The third-order valence-electron chi connectivity index (χ3n) is 4.05. The lowest BCUT2D eigenvalue weighted by Crippen LogP contribution is -2.51. The maximum absolute atomic E-state index is 12.0. The van der Waals surface area contributed by atoms with E-state index in [0.29, 0.717) is 19.5 Å². The Labute approximate surface area is 109 Å². The average molecular weight is 255 g/mol. The molecule has 3 N–H and O–H groups in total. The highest BCUT2D eigenvalue weighted by molar-refractivity contribution is 5.86. The maximum Gasteiger partial charge on any atom is 0.223 e. The van der Waals surface area contributed by atoms with Crippen LogP contribution in [-0.4, -0.2) is 42.4 Å². The lowest BCUT2D eigenvalue weighted by molar-refractivity contribution is -0.139. The van der Waals surface area contributed by atoms with Crippen molar-refractivity contribution in [2.75, 3.05) is 20.1 Å². The van der Waals surface area contributed by atoms with Crippen LogP contribution < -0.4 is 11.1 Å². The number of carbonyl (C=O) groups excluding carboxylic acids is 2. The lowest BCUT2D eigenvalue weighted by atomic mass is 9.92. The molecule has 0 aromatic heterocycles. The van der Waals surface area contributed by atoms with Crippen LogP contribution in [0, 0.1) is 5.92 Å². The molecule has 0 aromatic rings. The first-order valence-corrected chi connectivity index (χ1v) is 6.72. The zero-order valence-electron chi connectivity index (χ0n) is 11.7. The van der Waals surface area contributed by atoms with Gasteiger partial charge >= 0.3 is 0 Å². The van der Waals surface area contributed by atoms with E-state index in [1.165, 1.54) is 0 Å². The van der Waals surface area contributed by atoms with Crippen LogP contribution in [0.15, 0.2) is 0 Å². The van der Waals surface area contributed by atoms with Gasteiger partial charge in [0.25, 0.3) is 0 Å². The van der Waals surface area contributed by atoms with Gasteiger partial charge in [0.1, 0.15) is 0 Å². The first-order valence-electron chi connectivity index (χ1n) is 6.72. The second-order valence-electron chi connectivity index (χ2n) is 5.29. The Morgan fingerprint density at radius 3 is 2.61 bits per heavy atom. The SMILES string of the molecule is CCC(N)(CC)CNC(=O)C1CCN(C)C(=O)C1. The number of rotatable bonds is 5. The molecule has 1 saturated heterocycles. The summed E-state index contributed by atoms with van der Waals surface area (Å²) in [5.41, 5.74) is 5.81. The summed E-state index contributed by atoms with van der Waals surface area (Å²) in [5.74, 6) is -0.175. The fraction of sp³-hybridized carbons (Fsp3) is 0.846. The Kier molecular flexibility index (Phi) is 5.14. The number of nitrogens with one attached hydrogen (secondary N) is 1. The van der Waals surface area contributed by atoms with Gasteiger partial charge in [-0.05, 0) is 19.3 Å². The highest BCUT2D eigenvalue weighted by Gasteiger charge is 2.29. The third kappa shape index (κ3) is 3.70. The molecule has 0 saturated carbocycles. The molecule has 0 aliphatic carbocycles. The van der Waals surface area contributed by atoms with Gasteiger partial charge in [0.15, 0.2) is 0 Å². The Bertz CT molecular complexity index is 313. The number of nitrogens with two attached hydrogens (primary N) is 1. The van der Waals surface area contributed by atoms with Crippen molar-refractivity contribution in [3.63, 3.8) is 0 Å². The second-order valence-corrected chi connectivity index (χ2v) is 5.29. The molecule has 1 fully saturated rings. The molecule has 1 heterocycles. The second kappa shape index (κ2) is 6.18. The van der Waals surface area contributed by atoms with E-state index in [1.54, 1.807) is 11.9 Å². The quantitative estimate of drug-likeness (QED) is 0.750. The van der Waals surface area contributed by atoms with Crippen molar-refractivity contribution in [2.45, 2.75) is 45.1 Å². The predicted octanol–water partition coefficient (Wildman–Crippen LogP) is 0.489. The molecule has 0 aromatic carbocycles. The zero-order chi connectivity index (χ0) is 13.8. The van der Waals surface area contributed by atoms with Crippen molar-refractivity contribution in [3.8, 4) is 0 Å². The van der Waals surface area contributed by atoms with E-state index in [0.717, 1.165) is 19.3 Å². The molecule has 5 nitrogen and oxygen atoms in total. The average Bonchev–Trinajstić information content (AvgIpc) is 2.38. The van der Waals surface area contributed by atoms with Gasteiger partial charge in [-0.3, -0.25) is 9.59 Å². The Morgan fingerprint density at radius 2 is 2.11 bits per heavy atom. The van der Waals surface area contributed by atoms with Crippen molar-refractivity contribution >= 4 is 11.8 Å². The molecule has 104 valence electrons. The van der Waals surface area contributed by atoms with Gasteiger partial charge in [-0.2, -0.15) is 0 Å². The summed E-state index contributed by atoms with van der Waals surface area (Å²) < 4.78 is 0. The first-order chi connectivity index (χ1) is 8.41. The van der Waals surface area contributed by atoms with Gasteiger partial charge in [-0.15, -0.1) is 0 Å². The van der Waals surface area contributed by atoms with Gasteiger partial charge in [0.2, 0.25) is 11.8 Å². The molecule has 5 heteroatoms. The molecule has 2 amide bonds. The van der Waals surface area contributed by atoms with Crippen LogP contribution in [0.4, 0.5) is 0 Å². The van der Waals surface area contributed by atoms with Crippen molar-refractivity contribution in [2.24, 2.45) is 11.7 Å². The molecule has 18 heavy (non-hydrogen) atoms. The smallest absolute Gasteiger partial charge is 0.223 e. The summed E-state index contributed by atoms with van der Waals surface area (Å²) in [5, 5.41) is 2.90. The number of amides is 2. The largest absolute Gasteiger partial charge is 0.354 e. The van der Waals surface area contributed by atoms with Crippen LogP contribution in [0.2, 0.25) is 0 Å². The Morgan fingerprint density at radius 1 is 1.50 bits per heavy atom. The fourth-order valence-corrected chi connectivity index (χ4v) is 2.07. The third-order valence-corrected chi connectivity index (χ3v) is 4.05. The van der Waals surface area contributed by atoms with Crippen LogP contribution in [0.3, 0.4) is 0 Å². The number of nitrogens with zero attached hydrogens (tertiary/aromatic N) is 1. The van der Waals surface area contributed by atoms with E-state index >= 15 is 0 Å². The summed E-state index contributed by atoms with van der Waals surface area (Å²) >= 11 is 0.